The Labute approximate surface area is 112 Å². The van der Waals surface area contributed by atoms with Gasteiger partial charge in [-0.2, -0.15) is 0 Å². The van der Waals surface area contributed by atoms with Crippen LogP contribution in [-0.2, 0) is 6.54 Å². The quantitative estimate of drug-likeness (QED) is 0.780. The summed E-state index contributed by atoms with van der Waals surface area (Å²) in [5.74, 6) is 0.852. The lowest BCUT2D eigenvalue weighted by atomic mass is 10.2. The molecule has 1 unspecified atom stereocenters. The molecule has 0 radical (unpaired) electrons. The van der Waals surface area contributed by atoms with Gasteiger partial charge in [0.1, 0.15) is 11.4 Å². The van der Waals surface area contributed by atoms with E-state index in [1.165, 1.54) is 0 Å². The van der Waals surface area contributed by atoms with Crippen LogP contribution >= 0.6 is 11.6 Å². The molecule has 18 heavy (non-hydrogen) atoms. The van der Waals surface area contributed by atoms with Crippen LogP contribution in [0.3, 0.4) is 0 Å². The first-order valence-corrected chi connectivity index (χ1v) is 6.33. The summed E-state index contributed by atoms with van der Waals surface area (Å²) in [6, 6.07) is 7.89. The van der Waals surface area contributed by atoms with E-state index in [2.05, 4.69) is 10.3 Å². The van der Waals surface area contributed by atoms with E-state index < -0.39 is 0 Å². The second-order valence-electron chi connectivity index (χ2n) is 4.06. The molecule has 0 spiro atoms. The van der Waals surface area contributed by atoms with Gasteiger partial charge in [0.15, 0.2) is 0 Å². The van der Waals surface area contributed by atoms with Gasteiger partial charge in [-0.3, -0.25) is 0 Å². The monoisotopic (exact) mass is 265 g/mol. The van der Waals surface area contributed by atoms with Gasteiger partial charge in [-0.05, 0) is 24.1 Å². The predicted molar refractivity (Wildman–Crippen MR) is 71.0 cm³/mol. The van der Waals surface area contributed by atoms with Crippen LogP contribution in [0.1, 0.15) is 30.0 Å². The van der Waals surface area contributed by atoms with Crippen molar-refractivity contribution < 1.29 is 4.74 Å². The lowest BCUT2D eigenvalue weighted by Crippen LogP contribution is -2.00. The van der Waals surface area contributed by atoms with Crippen LogP contribution in [0.2, 0.25) is 0 Å². The van der Waals surface area contributed by atoms with Gasteiger partial charge in [0.25, 0.3) is 0 Å². The van der Waals surface area contributed by atoms with Crippen LogP contribution in [0.25, 0.3) is 0 Å². The molecular formula is C13H16ClN3O. The highest BCUT2D eigenvalue weighted by Gasteiger charge is 2.09. The third kappa shape index (κ3) is 3.01. The number of ether oxygens (including phenoxy) is 1. The summed E-state index contributed by atoms with van der Waals surface area (Å²) < 4.78 is 6.91. The number of alkyl halides is 1. The summed E-state index contributed by atoms with van der Waals surface area (Å²) in [6.07, 6.45) is 2.74. The van der Waals surface area contributed by atoms with E-state index in [0.29, 0.717) is 6.54 Å². The van der Waals surface area contributed by atoms with Crippen LogP contribution in [0.5, 0.6) is 5.75 Å². The number of nitrogens with zero attached hydrogens (tertiary/aromatic N) is 3. The van der Waals surface area contributed by atoms with Gasteiger partial charge in [-0.25, -0.2) is 4.68 Å². The zero-order chi connectivity index (χ0) is 13.0. The first-order valence-electron chi connectivity index (χ1n) is 5.90. The first kappa shape index (κ1) is 12.9. The van der Waals surface area contributed by atoms with E-state index in [4.69, 9.17) is 16.3 Å². The zero-order valence-corrected chi connectivity index (χ0v) is 11.3. The van der Waals surface area contributed by atoms with Gasteiger partial charge in [-0.1, -0.05) is 24.3 Å². The summed E-state index contributed by atoms with van der Waals surface area (Å²) >= 11 is 6.11. The summed E-state index contributed by atoms with van der Waals surface area (Å²) in [5, 5.41) is 8.09. The molecule has 0 aliphatic rings. The molecule has 5 heteroatoms. The van der Waals surface area contributed by atoms with Gasteiger partial charge in [0.05, 0.1) is 25.2 Å². The van der Waals surface area contributed by atoms with E-state index in [1.807, 2.05) is 37.4 Å². The van der Waals surface area contributed by atoms with Gasteiger partial charge in [0.2, 0.25) is 0 Å². The van der Waals surface area contributed by atoms with E-state index in [0.717, 1.165) is 23.4 Å². The Balaban J connectivity index is 2.06. The highest BCUT2D eigenvalue weighted by atomic mass is 35.5. The molecule has 0 aliphatic heterocycles. The first-order chi connectivity index (χ1) is 8.72. The number of hydrogen-bond donors (Lipinski definition) is 0. The molecule has 0 saturated heterocycles. The number of aromatic nitrogens is 3. The average molecular weight is 266 g/mol. The number of hydrogen-bond acceptors (Lipinski definition) is 3. The van der Waals surface area contributed by atoms with Crippen LogP contribution in [-0.4, -0.2) is 22.1 Å². The molecule has 96 valence electrons. The molecule has 0 saturated carbocycles. The molecule has 0 bridgehead atoms. The molecule has 1 aromatic heterocycles. The summed E-state index contributed by atoms with van der Waals surface area (Å²) in [6.45, 7) is 2.71. The maximum Gasteiger partial charge on any atom is 0.118 e. The lowest BCUT2D eigenvalue weighted by molar-refractivity contribution is 0.414. The van der Waals surface area contributed by atoms with Crippen molar-refractivity contribution in [3.05, 3.63) is 41.7 Å². The smallest absolute Gasteiger partial charge is 0.118 e. The molecule has 1 heterocycles. The molecule has 4 nitrogen and oxygen atoms in total. The van der Waals surface area contributed by atoms with E-state index >= 15 is 0 Å². The van der Waals surface area contributed by atoms with Gasteiger partial charge >= 0.3 is 0 Å². The third-order valence-electron chi connectivity index (χ3n) is 2.74. The van der Waals surface area contributed by atoms with Gasteiger partial charge in [0, 0.05) is 0 Å². The van der Waals surface area contributed by atoms with Gasteiger partial charge < -0.3 is 4.74 Å². The minimum atomic E-state index is -0.0605. The fraction of sp³-hybridized carbons (Fsp3) is 0.385. The minimum absolute atomic E-state index is 0.0605. The highest BCUT2D eigenvalue weighted by molar-refractivity contribution is 6.20. The van der Waals surface area contributed by atoms with E-state index in [-0.39, 0.29) is 5.38 Å². The average Bonchev–Trinajstić information content (AvgIpc) is 2.87. The zero-order valence-electron chi connectivity index (χ0n) is 10.5. The van der Waals surface area contributed by atoms with Crippen LogP contribution in [0, 0.1) is 0 Å². The van der Waals surface area contributed by atoms with Crippen molar-refractivity contribution >= 4 is 11.6 Å². The van der Waals surface area contributed by atoms with Gasteiger partial charge in [-0.15, -0.1) is 16.7 Å². The Morgan fingerprint density at radius 1 is 1.33 bits per heavy atom. The fourth-order valence-corrected chi connectivity index (χ4v) is 1.76. The van der Waals surface area contributed by atoms with E-state index in [1.54, 1.807) is 11.8 Å². The predicted octanol–water partition coefficient (Wildman–Crippen LogP) is 3.02. The van der Waals surface area contributed by atoms with Crippen LogP contribution < -0.4 is 4.74 Å². The Kier molecular flexibility index (Phi) is 4.20. The molecule has 1 aromatic carbocycles. The number of benzene rings is 1. The third-order valence-corrected chi connectivity index (χ3v) is 3.27. The molecule has 0 N–H and O–H groups in total. The molecule has 0 fully saturated rings. The highest BCUT2D eigenvalue weighted by Crippen LogP contribution is 2.21. The van der Waals surface area contributed by atoms with Crippen molar-refractivity contribution in [3.8, 4) is 5.75 Å². The Morgan fingerprint density at radius 3 is 2.67 bits per heavy atom. The van der Waals surface area contributed by atoms with Crippen molar-refractivity contribution in [2.75, 3.05) is 7.11 Å². The maximum atomic E-state index is 6.11. The Hall–Kier alpha value is -1.55. The topological polar surface area (TPSA) is 39.9 Å². The Bertz CT molecular complexity index is 495. The standard InChI is InChI=1S/C13H16ClN3O/c1-3-12(14)13-9-17(16-15-13)8-10-4-6-11(18-2)7-5-10/h4-7,9,12H,3,8H2,1-2H3. The molecule has 0 aliphatic carbocycles. The lowest BCUT2D eigenvalue weighted by Gasteiger charge is -2.03. The van der Waals surface area contributed by atoms with Crippen molar-refractivity contribution in [2.45, 2.75) is 25.3 Å². The number of halogens is 1. The van der Waals surface area contributed by atoms with Crippen molar-refractivity contribution in [1.82, 2.24) is 15.0 Å². The second kappa shape index (κ2) is 5.87. The summed E-state index contributed by atoms with van der Waals surface area (Å²) in [4.78, 5) is 0. The minimum Gasteiger partial charge on any atom is -0.497 e. The molecule has 0 amide bonds. The largest absolute Gasteiger partial charge is 0.497 e. The van der Waals surface area contributed by atoms with Crippen molar-refractivity contribution in [1.29, 1.82) is 0 Å². The summed E-state index contributed by atoms with van der Waals surface area (Å²) in [7, 11) is 1.66. The number of methoxy groups -OCH3 is 1. The summed E-state index contributed by atoms with van der Waals surface area (Å²) in [5.41, 5.74) is 1.97. The molecule has 2 rings (SSSR count). The molecule has 1 atom stereocenters. The maximum absolute atomic E-state index is 6.11. The van der Waals surface area contributed by atoms with E-state index in [9.17, 15) is 0 Å². The van der Waals surface area contributed by atoms with Crippen LogP contribution in [0.15, 0.2) is 30.5 Å². The second-order valence-corrected chi connectivity index (χ2v) is 4.59. The fourth-order valence-electron chi connectivity index (χ4n) is 1.66. The SMILES string of the molecule is CCC(Cl)c1cn(Cc2ccc(OC)cc2)nn1. The number of rotatable bonds is 5. The molecular weight excluding hydrogens is 250 g/mol. The van der Waals surface area contributed by atoms with Crippen molar-refractivity contribution in [3.63, 3.8) is 0 Å². The van der Waals surface area contributed by atoms with Crippen LogP contribution in [0.4, 0.5) is 0 Å². The Morgan fingerprint density at radius 2 is 2.06 bits per heavy atom. The normalized spacial score (nSPS) is 12.4. The molecule has 2 aromatic rings. The van der Waals surface area contributed by atoms with Crippen molar-refractivity contribution in [2.24, 2.45) is 0 Å².